The zero-order valence-corrected chi connectivity index (χ0v) is 38.8. The van der Waals surface area contributed by atoms with Gasteiger partial charge in [0.05, 0.1) is 6.10 Å². The molecule has 0 aromatic heterocycles. The molecule has 7 nitrogen and oxygen atoms in total. The summed E-state index contributed by atoms with van der Waals surface area (Å²) in [5.41, 5.74) is 0. The molecule has 3 unspecified atom stereocenters. The predicted octanol–water partition coefficient (Wildman–Crippen LogP) is 15.4. The van der Waals surface area contributed by atoms with Crippen molar-refractivity contribution in [3.8, 4) is 0 Å². The number of hydrogen-bond acceptors (Lipinski definition) is 6. The molecule has 2 N–H and O–H groups in total. The van der Waals surface area contributed by atoms with E-state index in [2.05, 4.69) is 57.2 Å². The van der Waals surface area contributed by atoms with Gasteiger partial charge in [-0.2, -0.15) is 0 Å². The lowest BCUT2D eigenvalue weighted by Gasteiger charge is -2.16. The highest BCUT2D eigenvalue weighted by Gasteiger charge is 2.14. The van der Waals surface area contributed by atoms with Gasteiger partial charge in [-0.15, -0.1) is 0 Å². The lowest BCUT2D eigenvalue weighted by Crippen LogP contribution is -2.17. The molecule has 0 saturated carbocycles. The third-order valence-corrected chi connectivity index (χ3v) is 11.2. The van der Waals surface area contributed by atoms with Crippen LogP contribution in [0.4, 0.5) is 0 Å². The number of carboxylic acids is 1. The van der Waals surface area contributed by atoms with E-state index in [1.165, 1.54) is 51.4 Å². The average Bonchev–Trinajstić information content (AvgIpc) is 3.21. The fourth-order valence-electron chi connectivity index (χ4n) is 7.39. The van der Waals surface area contributed by atoms with Gasteiger partial charge in [0.1, 0.15) is 12.2 Å². The Bertz CT molecular complexity index is 1030. The first kappa shape index (κ1) is 56.6. The molecule has 3 atom stereocenters. The molecule has 0 bridgehead atoms. The third kappa shape index (κ3) is 43.5. The van der Waals surface area contributed by atoms with Crippen LogP contribution in [0.3, 0.4) is 0 Å². The van der Waals surface area contributed by atoms with Gasteiger partial charge in [-0.3, -0.25) is 14.4 Å². The van der Waals surface area contributed by atoms with Crippen LogP contribution in [-0.2, 0) is 23.9 Å². The van der Waals surface area contributed by atoms with Gasteiger partial charge in [0.15, 0.2) is 0 Å². The van der Waals surface area contributed by atoms with Gasteiger partial charge in [-0.25, -0.2) is 0 Å². The van der Waals surface area contributed by atoms with Crippen LogP contribution >= 0.6 is 0 Å². The topological polar surface area (TPSA) is 110 Å². The van der Waals surface area contributed by atoms with Gasteiger partial charge < -0.3 is 19.7 Å². The Balaban J connectivity index is 4.16. The molecule has 59 heavy (non-hydrogen) atoms. The first-order chi connectivity index (χ1) is 28.8. The maximum Gasteiger partial charge on any atom is 0.306 e. The molecule has 0 saturated heterocycles. The number of rotatable bonds is 45. The Morgan fingerprint density at radius 1 is 0.407 bits per heavy atom. The Hall–Kier alpha value is -2.41. The van der Waals surface area contributed by atoms with Crippen LogP contribution in [0.1, 0.15) is 258 Å². The minimum Gasteiger partial charge on any atom is -0.481 e. The summed E-state index contributed by atoms with van der Waals surface area (Å²) < 4.78 is 11.8. The van der Waals surface area contributed by atoms with Gasteiger partial charge >= 0.3 is 17.9 Å². The van der Waals surface area contributed by atoms with E-state index in [1.54, 1.807) is 0 Å². The fraction of sp³-hybridized carbons (Fsp3) is 0.827. The Morgan fingerprint density at radius 3 is 1.20 bits per heavy atom. The summed E-state index contributed by atoms with van der Waals surface area (Å²) in [5, 5.41) is 18.8. The number of carbonyl (C=O) groups excluding carboxylic acids is 2. The zero-order chi connectivity index (χ0) is 43.3. The van der Waals surface area contributed by atoms with Gasteiger partial charge in [-0.1, -0.05) is 173 Å². The molecule has 0 amide bonds. The number of esters is 2. The summed E-state index contributed by atoms with van der Waals surface area (Å²) in [4.78, 5) is 35.9. The molecular weight excluding hydrogens is 737 g/mol. The summed E-state index contributed by atoms with van der Waals surface area (Å²) >= 11 is 0. The lowest BCUT2D eigenvalue weighted by atomic mass is 10.1. The van der Waals surface area contributed by atoms with Crippen LogP contribution in [0.25, 0.3) is 0 Å². The molecule has 0 aromatic carbocycles. The number of allylic oxidation sites excluding steroid dienone is 3. The standard InChI is InChI=1S/C52H94O7/c1-4-7-10-30-38-47(53)39-31-24-18-12-16-22-28-37-46-52(57)59-49(41-32-11-8-5-2)43-34-26-20-14-17-23-29-36-45-51(56)58-48(40-9-6-3)42-33-25-19-13-15-21-27-35-44-50(54)55/h24-26,31,33-34,47-49,53H,4-23,27-30,32,35-46H2,1-3H3,(H,54,55). The summed E-state index contributed by atoms with van der Waals surface area (Å²) in [6.07, 6.45) is 50.2. The monoisotopic (exact) mass is 831 g/mol. The molecule has 0 heterocycles. The van der Waals surface area contributed by atoms with Crippen LogP contribution < -0.4 is 0 Å². The highest BCUT2D eigenvalue weighted by atomic mass is 16.5. The van der Waals surface area contributed by atoms with E-state index in [-0.39, 0.29) is 36.7 Å². The molecule has 0 spiro atoms. The smallest absolute Gasteiger partial charge is 0.306 e. The second-order valence-electron chi connectivity index (χ2n) is 17.2. The van der Waals surface area contributed by atoms with E-state index < -0.39 is 5.97 Å². The molecule has 0 aromatic rings. The molecule has 0 aliphatic heterocycles. The SMILES string of the molecule is CCCCCCC(O)CC=CCCCCCCCC(=O)OC(CC=CCCCCCCCC(=O)OC(CC=CCCCCCCCC(=O)O)CCCC)CCCCCC. The highest BCUT2D eigenvalue weighted by molar-refractivity contribution is 5.69. The number of carbonyl (C=O) groups is 3. The average molecular weight is 831 g/mol. The minimum atomic E-state index is -0.706. The number of aliphatic carboxylic acids is 1. The van der Waals surface area contributed by atoms with Gasteiger partial charge in [0.25, 0.3) is 0 Å². The van der Waals surface area contributed by atoms with E-state index in [9.17, 15) is 19.5 Å². The number of ether oxygens (including phenoxy) is 2. The van der Waals surface area contributed by atoms with E-state index in [0.717, 1.165) is 167 Å². The Kier molecular flexibility index (Phi) is 43.3. The lowest BCUT2D eigenvalue weighted by molar-refractivity contribution is -0.150. The maximum absolute atomic E-state index is 12.7. The molecule has 344 valence electrons. The van der Waals surface area contributed by atoms with Crippen molar-refractivity contribution in [2.24, 2.45) is 0 Å². The third-order valence-electron chi connectivity index (χ3n) is 11.2. The Labute approximate surface area is 364 Å². The van der Waals surface area contributed by atoms with Crippen LogP contribution in [0.2, 0.25) is 0 Å². The van der Waals surface area contributed by atoms with Crippen LogP contribution in [0, 0.1) is 0 Å². The minimum absolute atomic E-state index is 0.0197. The first-order valence-corrected chi connectivity index (χ1v) is 25.1. The molecule has 0 aliphatic rings. The molecule has 0 fully saturated rings. The maximum atomic E-state index is 12.7. The van der Waals surface area contributed by atoms with Crippen molar-refractivity contribution in [3.05, 3.63) is 36.5 Å². The molecule has 7 heteroatoms. The van der Waals surface area contributed by atoms with Crippen molar-refractivity contribution >= 4 is 17.9 Å². The van der Waals surface area contributed by atoms with Crippen LogP contribution in [0.5, 0.6) is 0 Å². The number of aliphatic hydroxyl groups excluding tert-OH is 1. The van der Waals surface area contributed by atoms with Crippen LogP contribution in [0.15, 0.2) is 36.5 Å². The van der Waals surface area contributed by atoms with Crippen molar-refractivity contribution in [2.75, 3.05) is 0 Å². The van der Waals surface area contributed by atoms with Crippen LogP contribution in [-0.4, -0.2) is 46.4 Å². The molecular formula is C52H94O7. The van der Waals surface area contributed by atoms with E-state index in [4.69, 9.17) is 14.6 Å². The van der Waals surface area contributed by atoms with E-state index in [0.29, 0.717) is 12.8 Å². The zero-order valence-electron chi connectivity index (χ0n) is 38.8. The number of unbranched alkanes of at least 4 members (excludes halogenated alkanes) is 22. The molecule has 0 rings (SSSR count). The van der Waals surface area contributed by atoms with Gasteiger partial charge in [0, 0.05) is 32.1 Å². The van der Waals surface area contributed by atoms with E-state index >= 15 is 0 Å². The summed E-state index contributed by atoms with van der Waals surface area (Å²) in [7, 11) is 0. The summed E-state index contributed by atoms with van der Waals surface area (Å²) in [5.74, 6) is -0.814. The molecule has 0 radical (unpaired) electrons. The van der Waals surface area contributed by atoms with Crippen molar-refractivity contribution in [2.45, 2.75) is 277 Å². The normalized spacial score (nSPS) is 13.4. The largest absolute Gasteiger partial charge is 0.481 e. The van der Waals surface area contributed by atoms with Crippen molar-refractivity contribution in [1.82, 2.24) is 0 Å². The van der Waals surface area contributed by atoms with Gasteiger partial charge in [-0.05, 0) is 89.9 Å². The second-order valence-corrected chi connectivity index (χ2v) is 17.2. The van der Waals surface area contributed by atoms with Crippen molar-refractivity contribution < 1.29 is 34.1 Å². The molecule has 0 aliphatic carbocycles. The summed E-state index contributed by atoms with van der Waals surface area (Å²) in [6.45, 7) is 6.61. The first-order valence-electron chi connectivity index (χ1n) is 25.1. The predicted molar refractivity (Wildman–Crippen MR) is 249 cm³/mol. The van der Waals surface area contributed by atoms with Gasteiger partial charge in [0.2, 0.25) is 0 Å². The second kappa shape index (κ2) is 45.1. The number of carboxylic acid groups (broad SMARTS) is 1. The quantitative estimate of drug-likeness (QED) is 0.0357. The summed E-state index contributed by atoms with van der Waals surface area (Å²) in [6, 6.07) is 0. The number of aliphatic hydroxyl groups is 1. The Morgan fingerprint density at radius 2 is 0.763 bits per heavy atom. The highest BCUT2D eigenvalue weighted by Crippen LogP contribution is 2.18. The fourth-order valence-corrected chi connectivity index (χ4v) is 7.39. The van der Waals surface area contributed by atoms with Crippen molar-refractivity contribution in [1.29, 1.82) is 0 Å². The van der Waals surface area contributed by atoms with Crippen molar-refractivity contribution in [3.63, 3.8) is 0 Å². The number of hydrogen-bond donors (Lipinski definition) is 2. The van der Waals surface area contributed by atoms with E-state index in [1.807, 2.05) is 0 Å².